The predicted octanol–water partition coefficient (Wildman–Crippen LogP) is 1.95. The topological polar surface area (TPSA) is 52.0 Å². The van der Waals surface area contributed by atoms with Gasteiger partial charge in [-0.15, -0.1) is 10.2 Å². The summed E-state index contributed by atoms with van der Waals surface area (Å²) in [5.74, 6) is 2.00. The molecule has 0 amide bonds. The van der Waals surface area contributed by atoms with E-state index >= 15 is 0 Å². The van der Waals surface area contributed by atoms with Crippen molar-refractivity contribution in [3.05, 3.63) is 42.0 Å². The molecule has 5 heteroatoms. The first kappa shape index (κ1) is 13.1. The molecule has 1 saturated heterocycles. The summed E-state index contributed by atoms with van der Waals surface area (Å²) in [4.78, 5) is 0. The third kappa shape index (κ3) is 2.67. The lowest BCUT2D eigenvalue weighted by molar-refractivity contribution is 0.408. The molecule has 1 aromatic heterocycles. The second-order valence-corrected chi connectivity index (χ2v) is 5.09. The van der Waals surface area contributed by atoms with Crippen LogP contribution < -0.4 is 10.1 Å². The van der Waals surface area contributed by atoms with E-state index in [0.717, 1.165) is 37.5 Å². The van der Waals surface area contributed by atoms with Crippen LogP contribution in [0.2, 0.25) is 0 Å². The zero-order valence-electron chi connectivity index (χ0n) is 11.7. The van der Waals surface area contributed by atoms with E-state index in [1.165, 1.54) is 12.0 Å². The summed E-state index contributed by atoms with van der Waals surface area (Å²) in [6.45, 7) is 1.95. The smallest absolute Gasteiger partial charge is 0.149 e. The van der Waals surface area contributed by atoms with Crippen LogP contribution in [0.1, 0.15) is 30.3 Å². The number of para-hydroxylation sites is 1. The average molecular weight is 272 g/mol. The molecule has 1 atom stereocenters. The molecular weight excluding hydrogens is 252 g/mol. The van der Waals surface area contributed by atoms with E-state index in [-0.39, 0.29) is 0 Å². The maximum Gasteiger partial charge on any atom is 0.149 e. The van der Waals surface area contributed by atoms with Crippen molar-refractivity contribution in [3.63, 3.8) is 0 Å². The highest BCUT2D eigenvalue weighted by atomic mass is 16.5. The molecule has 1 fully saturated rings. The standard InChI is InChI=1S/C15H20N4O/c1-20-14-7-3-2-5-12(14)8-10-19-11-17-18-15(19)13-6-4-9-16-13/h2-3,5,7,11,13,16H,4,6,8-10H2,1H3. The van der Waals surface area contributed by atoms with Crippen molar-refractivity contribution in [1.82, 2.24) is 20.1 Å². The van der Waals surface area contributed by atoms with Gasteiger partial charge in [0, 0.05) is 6.54 Å². The van der Waals surface area contributed by atoms with Gasteiger partial charge < -0.3 is 14.6 Å². The summed E-state index contributed by atoms with van der Waals surface area (Å²) < 4.78 is 7.54. The highest BCUT2D eigenvalue weighted by molar-refractivity contribution is 5.33. The molecule has 1 aliphatic rings. The van der Waals surface area contributed by atoms with E-state index in [4.69, 9.17) is 4.74 Å². The molecule has 1 aliphatic heterocycles. The number of hydrogen-bond acceptors (Lipinski definition) is 4. The fourth-order valence-corrected chi connectivity index (χ4v) is 2.76. The third-order valence-corrected chi connectivity index (χ3v) is 3.83. The van der Waals surface area contributed by atoms with Gasteiger partial charge in [0.05, 0.1) is 13.2 Å². The highest BCUT2D eigenvalue weighted by Gasteiger charge is 2.21. The van der Waals surface area contributed by atoms with Crippen molar-refractivity contribution in [2.75, 3.05) is 13.7 Å². The molecule has 5 nitrogen and oxygen atoms in total. The first-order valence-electron chi connectivity index (χ1n) is 7.11. The Morgan fingerprint density at radius 3 is 3.10 bits per heavy atom. The normalized spacial score (nSPS) is 18.4. The molecule has 1 N–H and O–H groups in total. The lowest BCUT2D eigenvalue weighted by Gasteiger charge is -2.13. The Labute approximate surface area is 119 Å². The summed E-state index contributed by atoms with van der Waals surface area (Å²) in [6.07, 6.45) is 5.10. The van der Waals surface area contributed by atoms with Gasteiger partial charge in [-0.05, 0) is 37.4 Å². The van der Waals surface area contributed by atoms with Crippen molar-refractivity contribution >= 4 is 0 Å². The van der Waals surface area contributed by atoms with Gasteiger partial charge in [0.15, 0.2) is 0 Å². The van der Waals surface area contributed by atoms with Crippen LogP contribution in [-0.2, 0) is 13.0 Å². The van der Waals surface area contributed by atoms with Crippen LogP contribution in [0.25, 0.3) is 0 Å². The number of nitrogens with zero attached hydrogens (tertiary/aromatic N) is 3. The van der Waals surface area contributed by atoms with E-state index in [0.29, 0.717) is 6.04 Å². The van der Waals surface area contributed by atoms with Crippen molar-refractivity contribution in [1.29, 1.82) is 0 Å². The Bertz CT molecular complexity index is 561. The van der Waals surface area contributed by atoms with Gasteiger partial charge in [0.1, 0.15) is 17.9 Å². The van der Waals surface area contributed by atoms with Crippen LogP contribution in [0.4, 0.5) is 0 Å². The molecule has 0 bridgehead atoms. The van der Waals surface area contributed by atoms with Crippen LogP contribution in [0.5, 0.6) is 5.75 Å². The Kier molecular flexibility index (Phi) is 3.97. The molecular formula is C15H20N4O. The fourth-order valence-electron chi connectivity index (χ4n) is 2.76. The maximum absolute atomic E-state index is 5.39. The van der Waals surface area contributed by atoms with Crippen molar-refractivity contribution in [2.24, 2.45) is 0 Å². The van der Waals surface area contributed by atoms with Gasteiger partial charge in [-0.25, -0.2) is 0 Å². The van der Waals surface area contributed by atoms with E-state index in [1.54, 1.807) is 7.11 Å². The molecule has 20 heavy (non-hydrogen) atoms. The number of rotatable bonds is 5. The number of ether oxygens (including phenoxy) is 1. The monoisotopic (exact) mass is 272 g/mol. The van der Waals surface area contributed by atoms with Gasteiger partial charge in [-0.3, -0.25) is 0 Å². The zero-order chi connectivity index (χ0) is 13.8. The van der Waals surface area contributed by atoms with Gasteiger partial charge in [-0.2, -0.15) is 0 Å². The van der Waals surface area contributed by atoms with E-state index in [1.807, 2.05) is 24.5 Å². The van der Waals surface area contributed by atoms with Gasteiger partial charge in [0.2, 0.25) is 0 Å². The lowest BCUT2D eigenvalue weighted by atomic mass is 10.1. The van der Waals surface area contributed by atoms with Crippen molar-refractivity contribution < 1.29 is 4.74 Å². The van der Waals surface area contributed by atoms with E-state index < -0.39 is 0 Å². The van der Waals surface area contributed by atoms with Crippen molar-refractivity contribution in [3.8, 4) is 5.75 Å². The molecule has 0 spiro atoms. The summed E-state index contributed by atoms with van der Waals surface area (Å²) >= 11 is 0. The Hall–Kier alpha value is -1.88. The van der Waals surface area contributed by atoms with E-state index in [2.05, 4.69) is 26.1 Å². The molecule has 106 valence electrons. The van der Waals surface area contributed by atoms with Crippen LogP contribution in [-0.4, -0.2) is 28.4 Å². The van der Waals surface area contributed by atoms with Gasteiger partial charge >= 0.3 is 0 Å². The van der Waals surface area contributed by atoms with Crippen LogP contribution in [0, 0.1) is 0 Å². The largest absolute Gasteiger partial charge is 0.496 e. The third-order valence-electron chi connectivity index (χ3n) is 3.83. The fraction of sp³-hybridized carbons (Fsp3) is 0.467. The molecule has 0 radical (unpaired) electrons. The van der Waals surface area contributed by atoms with Crippen LogP contribution >= 0.6 is 0 Å². The lowest BCUT2D eigenvalue weighted by Crippen LogP contribution is -2.18. The molecule has 0 aliphatic carbocycles. The summed E-state index contributed by atoms with van der Waals surface area (Å²) in [5.41, 5.74) is 1.22. The first-order chi connectivity index (χ1) is 9.88. The van der Waals surface area contributed by atoms with Crippen LogP contribution in [0.3, 0.4) is 0 Å². The predicted molar refractivity (Wildman–Crippen MR) is 76.7 cm³/mol. The Morgan fingerprint density at radius 2 is 2.30 bits per heavy atom. The summed E-state index contributed by atoms with van der Waals surface area (Å²) in [5, 5.41) is 11.8. The highest BCUT2D eigenvalue weighted by Crippen LogP contribution is 2.22. The summed E-state index contributed by atoms with van der Waals surface area (Å²) in [6, 6.07) is 8.51. The number of benzene rings is 1. The van der Waals surface area contributed by atoms with Crippen molar-refractivity contribution in [2.45, 2.75) is 31.8 Å². The number of hydrogen-bond donors (Lipinski definition) is 1. The average Bonchev–Trinajstić information content (AvgIpc) is 3.15. The first-order valence-corrected chi connectivity index (χ1v) is 7.11. The number of aryl methyl sites for hydroxylation is 2. The molecule has 1 unspecified atom stereocenters. The SMILES string of the molecule is COc1ccccc1CCn1cnnc1C1CCCN1. The van der Waals surface area contributed by atoms with Gasteiger partial charge in [-0.1, -0.05) is 18.2 Å². The van der Waals surface area contributed by atoms with Gasteiger partial charge in [0.25, 0.3) is 0 Å². The molecule has 2 aromatic rings. The second-order valence-electron chi connectivity index (χ2n) is 5.09. The molecule has 0 saturated carbocycles. The van der Waals surface area contributed by atoms with E-state index in [9.17, 15) is 0 Å². The molecule has 1 aromatic carbocycles. The molecule has 3 rings (SSSR count). The Balaban J connectivity index is 1.71. The Morgan fingerprint density at radius 1 is 1.40 bits per heavy atom. The minimum atomic E-state index is 0.357. The second kappa shape index (κ2) is 6.05. The number of methoxy groups -OCH3 is 1. The minimum Gasteiger partial charge on any atom is -0.496 e. The zero-order valence-corrected chi connectivity index (χ0v) is 11.7. The summed E-state index contributed by atoms with van der Waals surface area (Å²) in [7, 11) is 1.71. The van der Waals surface area contributed by atoms with Crippen LogP contribution in [0.15, 0.2) is 30.6 Å². The minimum absolute atomic E-state index is 0.357. The maximum atomic E-state index is 5.39. The molecule has 2 heterocycles. The number of nitrogens with one attached hydrogen (secondary N) is 1. The quantitative estimate of drug-likeness (QED) is 0.904. The number of aromatic nitrogens is 3.